The molecule has 0 aliphatic rings. The first kappa shape index (κ1) is 19.3. The minimum absolute atomic E-state index is 0.228. The molecule has 28 heavy (non-hydrogen) atoms. The summed E-state index contributed by atoms with van der Waals surface area (Å²) in [5.74, 6) is 1.70. The van der Waals surface area contributed by atoms with Gasteiger partial charge in [0, 0.05) is 18.8 Å². The lowest BCUT2D eigenvalue weighted by molar-refractivity contribution is 0.0949. The number of hydrogen-bond acceptors (Lipinski definition) is 6. The predicted octanol–water partition coefficient (Wildman–Crippen LogP) is 2.77. The van der Waals surface area contributed by atoms with E-state index in [1.54, 1.807) is 26.3 Å². The molecule has 0 bridgehead atoms. The molecule has 0 unspecified atom stereocenters. The second-order valence-corrected chi connectivity index (χ2v) is 6.22. The Kier molecular flexibility index (Phi) is 6.51. The lowest BCUT2D eigenvalue weighted by Gasteiger charge is -2.09. The van der Waals surface area contributed by atoms with Crippen molar-refractivity contribution in [1.29, 1.82) is 0 Å². The summed E-state index contributed by atoms with van der Waals surface area (Å²) in [6.45, 7) is 2.79. The Balaban J connectivity index is 1.57. The average molecular weight is 377 g/mol. The number of aromatic nitrogens is 3. The van der Waals surface area contributed by atoms with Crippen molar-refractivity contribution < 1.29 is 9.53 Å². The van der Waals surface area contributed by atoms with Crippen LogP contribution >= 0.6 is 0 Å². The highest BCUT2D eigenvalue weighted by Crippen LogP contribution is 2.13. The van der Waals surface area contributed by atoms with E-state index in [1.807, 2.05) is 42.5 Å². The van der Waals surface area contributed by atoms with E-state index < -0.39 is 0 Å². The van der Waals surface area contributed by atoms with Gasteiger partial charge in [-0.2, -0.15) is 0 Å². The molecular formula is C21H23N5O2. The van der Waals surface area contributed by atoms with Gasteiger partial charge in [-0.25, -0.2) is 9.97 Å². The SMILES string of the molecule is COc1cccc(CCNC(=O)c2cc(NCc3ccccn3)nc(C)n2)c1. The number of methoxy groups -OCH3 is 1. The summed E-state index contributed by atoms with van der Waals surface area (Å²) in [5, 5.41) is 6.09. The smallest absolute Gasteiger partial charge is 0.270 e. The summed E-state index contributed by atoms with van der Waals surface area (Å²) in [6, 6.07) is 15.2. The Labute approximate surface area is 164 Å². The molecular weight excluding hydrogens is 354 g/mol. The van der Waals surface area contributed by atoms with E-state index in [1.165, 1.54) is 0 Å². The molecule has 0 atom stereocenters. The lowest BCUT2D eigenvalue weighted by Crippen LogP contribution is -2.27. The van der Waals surface area contributed by atoms with Crippen molar-refractivity contribution in [2.24, 2.45) is 0 Å². The number of hydrogen-bond donors (Lipinski definition) is 2. The first-order chi connectivity index (χ1) is 13.6. The molecule has 1 amide bonds. The average Bonchev–Trinajstić information content (AvgIpc) is 2.72. The number of ether oxygens (including phenoxy) is 1. The number of carbonyl (C=O) groups is 1. The summed E-state index contributed by atoms with van der Waals surface area (Å²) in [4.78, 5) is 25.3. The van der Waals surface area contributed by atoms with Crippen LogP contribution in [-0.2, 0) is 13.0 Å². The van der Waals surface area contributed by atoms with Crippen molar-refractivity contribution in [3.63, 3.8) is 0 Å². The Bertz CT molecular complexity index is 931. The fourth-order valence-corrected chi connectivity index (χ4v) is 2.70. The van der Waals surface area contributed by atoms with Gasteiger partial charge in [0.05, 0.1) is 19.3 Å². The molecule has 3 aromatic rings. The molecule has 0 radical (unpaired) electrons. The number of anilines is 1. The van der Waals surface area contributed by atoms with E-state index in [2.05, 4.69) is 25.6 Å². The molecule has 144 valence electrons. The highest BCUT2D eigenvalue weighted by atomic mass is 16.5. The Morgan fingerprint density at radius 1 is 1.11 bits per heavy atom. The fraction of sp³-hybridized carbons (Fsp3) is 0.238. The Morgan fingerprint density at radius 2 is 2.00 bits per heavy atom. The number of aryl methyl sites for hydroxylation is 1. The summed E-state index contributed by atoms with van der Waals surface area (Å²) < 4.78 is 5.22. The maximum absolute atomic E-state index is 12.5. The van der Waals surface area contributed by atoms with E-state index >= 15 is 0 Å². The van der Waals surface area contributed by atoms with Gasteiger partial charge in [0.15, 0.2) is 0 Å². The van der Waals surface area contributed by atoms with Gasteiger partial charge in [0.2, 0.25) is 0 Å². The predicted molar refractivity (Wildman–Crippen MR) is 107 cm³/mol. The highest BCUT2D eigenvalue weighted by molar-refractivity contribution is 5.92. The largest absolute Gasteiger partial charge is 0.497 e. The van der Waals surface area contributed by atoms with Gasteiger partial charge in [-0.05, 0) is 43.2 Å². The molecule has 3 rings (SSSR count). The van der Waals surface area contributed by atoms with Crippen LogP contribution in [0.1, 0.15) is 27.6 Å². The summed E-state index contributed by atoms with van der Waals surface area (Å²) in [7, 11) is 1.64. The molecule has 2 N–H and O–H groups in total. The molecule has 7 heteroatoms. The molecule has 0 aliphatic heterocycles. The quantitative estimate of drug-likeness (QED) is 0.627. The van der Waals surface area contributed by atoms with Crippen molar-refractivity contribution in [2.75, 3.05) is 19.0 Å². The summed E-state index contributed by atoms with van der Waals surface area (Å²) in [6.07, 6.45) is 2.45. The second-order valence-electron chi connectivity index (χ2n) is 6.22. The van der Waals surface area contributed by atoms with Gasteiger partial charge in [-0.3, -0.25) is 9.78 Å². The van der Waals surface area contributed by atoms with E-state index in [0.717, 1.165) is 17.0 Å². The third-order valence-corrected chi connectivity index (χ3v) is 4.08. The zero-order valence-electron chi connectivity index (χ0n) is 16.0. The normalized spacial score (nSPS) is 10.4. The van der Waals surface area contributed by atoms with Gasteiger partial charge < -0.3 is 15.4 Å². The molecule has 0 saturated heterocycles. The van der Waals surface area contributed by atoms with Crippen LogP contribution in [0, 0.1) is 6.92 Å². The Morgan fingerprint density at radius 3 is 2.79 bits per heavy atom. The number of nitrogens with zero attached hydrogens (tertiary/aromatic N) is 3. The number of nitrogens with one attached hydrogen (secondary N) is 2. The van der Waals surface area contributed by atoms with E-state index in [4.69, 9.17) is 4.74 Å². The van der Waals surface area contributed by atoms with Crippen LogP contribution in [0.5, 0.6) is 5.75 Å². The third kappa shape index (κ3) is 5.51. The third-order valence-electron chi connectivity index (χ3n) is 4.08. The molecule has 0 aliphatic carbocycles. The molecule has 1 aromatic carbocycles. The van der Waals surface area contributed by atoms with Crippen molar-refractivity contribution in [1.82, 2.24) is 20.3 Å². The molecule has 0 spiro atoms. The van der Waals surface area contributed by atoms with Crippen LogP contribution in [-0.4, -0.2) is 34.5 Å². The highest BCUT2D eigenvalue weighted by Gasteiger charge is 2.10. The van der Waals surface area contributed by atoms with Crippen LogP contribution in [0.2, 0.25) is 0 Å². The van der Waals surface area contributed by atoms with Crippen LogP contribution in [0.15, 0.2) is 54.7 Å². The second kappa shape index (κ2) is 9.45. The summed E-state index contributed by atoms with van der Waals surface area (Å²) >= 11 is 0. The first-order valence-corrected chi connectivity index (χ1v) is 9.04. The van der Waals surface area contributed by atoms with E-state index in [9.17, 15) is 4.79 Å². The van der Waals surface area contributed by atoms with E-state index in [-0.39, 0.29) is 5.91 Å². The van der Waals surface area contributed by atoms with Crippen molar-refractivity contribution >= 4 is 11.7 Å². The van der Waals surface area contributed by atoms with Crippen molar-refractivity contribution in [3.05, 3.63) is 77.5 Å². The number of benzene rings is 1. The van der Waals surface area contributed by atoms with Crippen molar-refractivity contribution in [3.8, 4) is 5.75 Å². The maximum atomic E-state index is 12.5. The van der Waals surface area contributed by atoms with Crippen LogP contribution < -0.4 is 15.4 Å². The molecule has 0 saturated carbocycles. The zero-order chi connectivity index (χ0) is 19.8. The number of carbonyl (C=O) groups excluding carboxylic acids is 1. The topological polar surface area (TPSA) is 89.0 Å². The minimum Gasteiger partial charge on any atom is -0.497 e. The minimum atomic E-state index is -0.228. The molecule has 0 fully saturated rings. The van der Waals surface area contributed by atoms with Gasteiger partial charge in [0.1, 0.15) is 23.1 Å². The zero-order valence-corrected chi connectivity index (χ0v) is 16.0. The maximum Gasteiger partial charge on any atom is 0.270 e. The van der Waals surface area contributed by atoms with Crippen molar-refractivity contribution in [2.45, 2.75) is 19.9 Å². The van der Waals surface area contributed by atoms with Crippen LogP contribution in [0.3, 0.4) is 0 Å². The van der Waals surface area contributed by atoms with Gasteiger partial charge in [-0.15, -0.1) is 0 Å². The van der Waals surface area contributed by atoms with Gasteiger partial charge in [-0.1, -0.05) is 18.2 Å². The van der Waals surface area contributed by atoms with Crippen LogP contribution in [0.25, 0.3) is 0 Å². The number of pyridine rings is 1. The molecule has 2 aromatic heterocycles. The summed E-state index contributed by atoms with van der Waals surface area (Å²) in [5.41, 5.74) is 2.32. The van der Waals surface area contributed by atoms with Gasteiger partial charge in [0.25, 0.3) is 5.91 Å². The monoisotopic (exact) mass is 377 g/mol. The lowest BCUT2D eigenvalue weighted by atomic mass is 10.1. The van der Waals surface area contributed by atoms with E-state index in [0.29, 0.717) is 36.8 Å². The first-order valence-electron chi connectivity index (χ1n) is 9.04. The number of rotatable bonds is 8. The molecule has 2 heterocycles. The fourth-order valence-electron chi connectivity index (χ4n) is 2.70. The number of amides is 1. The standard InChI is InChI=1S/C21H23N5O2/c1-15-25-19(13-20(26-15)24-14-17-7-3-4-10-22-17)21(27)23-11-9-16-6-5-8-18(12-16)28-2/h3-8,10,12-13H,9,11,14H2,1-2H3,(H,23,27)(H,24,25,26). The Hall–Kier alpha value is -3.48. The van der Waals surface area contributed by atoms with Crippen LogP contribution in [0.4, 0.5) is 5.82 Å². The molecule has 7 nitrogen and oxygen atoms in total. The van der Waals surface area contributed by atoms with Gasteiger partial charge >= 0.3 is 0 Å².